The van der Waals surface area contributed by atoms with Gasteiger partial charge in [0.05, 0.1) is 17.6 Å². The third-order valence-electron chi connectivity index (χ3n) is 5.19. The minimum absolute atomic E-state index is 0.135. The van der Waals surface area contributed by atoms with Crippen molar-refractivity contribution in [2.75, 3.05) is 6.61 Å². The normalized spacial score (nSPS) is 11.6. The van der Waals surface area contributed by atoms with Crippen molar-refractivity contribution >= 4 is 17.1 Å². The molecule has 4 aromatic rings. The first kappa shape index (κ1) is 20.3. The fourth-order valence-electron chi connectivity index (χ4n) is 3.27. The van der Waals surface area contributed by atoms with Gasteiger partial charge in [-0.1, -0.05) is 35.5 Å². The fourth-order valence-corrected chi connectivity index (χ4v) is 3.27. The molecule has 2 aromatic heterocycles. The van der Waals surface area contributed by atoms with E-state index in [2.05, 4.69) is 25.4 Å². The van der Waals surface area contributed by atoms with Crippen LogP contribution in [0.25, 0.3) is 33.7 Å². The van der Waals surface area contributed by atoms with Crippen molar-refractivity contribution < 1.29 is 14.6 Å². The number of aromatic nitrogens is 5. The molecule has 0 saturated carbocycles. The number of aromatic amines is 2. The molecule has 0 spiro atoms. The Bertz CT molecular complexity index is 1340. The van der Waals surface area contributed by atoms with Gasteiger partial charge in [0.25, 0.3) is 5.56 Å². The summed E-state index contributed by atoms with van der Waals surface area (Å²) in [6, 6.07) is 12.9. The molecular weight excluding hydrogens is 398 g/mol. The average Bonchev–Trinajstić information content (AvgIpc) is 3.23. The lowest BCUT2D eigenvalue weighted by Crippen LogP contribution is -2.28. The number of hydrogen-bond donors (Lipinski definition) is 3. The number of H-pyrrole nitrogens is 2. The van der Waals surface area contributed by atoms with Gasteiger partial charge < -0.3 is 14.8 Å². The highest BCUT2D eigenvalue weighted by Crippen LogP contribution is 2.34. The van der Waals surface area contributed by atoms with Crippen molar-refractivity contribution in [1.29, 1.82) is 0 Å². The molecule has 0 unspecified atom stereocenters. The first-order valence-corrected chi connectivity index (χ1v) is 9.74. The predicted octanol–water partition coefficient (Wildman–Crippen LogP) is 3.14. The number of hydrogen-bond acceptors (Lipinski definition) is 6. The van der Waals surface area contributed by atoms with E-state index in [1.54, 1.807) is 19.9 Å². The topological polar surface area (TPSA) is 134 Å². The number of benzene rings is 2. The first-order chi connectivity index (χ1) is 14.8. The number of carboxylic acid groups (broad SMARTS) is 1. The van der Waals surface area contributed by atoms with E-state index >= 15 is 0 Å². The maximum Gasteiger partial charge on any atom is 0.313 e. The molecule has 0 bridgehead atoms. The lowest BCUT2D eigenvalue weighted by molar-refractivity contribution is -0.142. The summed E-state index contributed by atoms with van der Waals surface area (Å²) in [6.07, 6.45) is 0. The van der Waals surface area contributed by atoms with Crippen molar-refractivity contribution in [1.82, 2.24) is 25.4 Å². The van der Waals surface area contributed by atoms with E-state index in [9.17, 15) is 14.7 Å². The number of rotatable bonds is 6. The Hall–Kier alpha value is -4.01. The quantitative estimate of drug-likeness (QED) is 0.437. The lowest BCUT2D eigenvalue weighted by atomic mass is 9.83. The highest BCUT2D eigenvalue weighted by atomic mass is 16.5. The molecule has 0 amide bonds. The van der Waals surface area contributed by atoms with Gasteiger partial charge in [0.1, 0.15) is 11.6 Å². The van der Waals surface area contributed by atoms with Gasteiger partial charge >= 0.3 is 5.97 Å². The molecule has 3 N–H and O–H groups in total. The average molecular weight is 419 g/mol. The van der Waals surface area contributed by atoms with Crippen LogP contribution in [0.3, 0.4) is 0 Å². The van der Waals surface area contributed by atoms with Gasteiger partial charge in [0.2, 0.25) is 0 Å². The van der Waals surface area contributed by atoms with Gasteiger partial charge in [-0.3, -0.25) is 9.59 Å². The summed E-state index contributed by atoms with van der Waals surface area (Å²) in [5, 5.41) is 19.5. The fraction of sp³-hybridized carbons (Fsp3) is 0.227. The third kappa shape index (κ3) is 3.65. The minimum Gasteiger partial charge on any atom is -0.493 e. The van der Waals surface area contributed by atoms with Gasteiger partial charge in [-0.2, -0.15) is 0 Å². The molecule has 0 aliphatic carbocycles. The van der Waals surface area contributed by atoms with E-state index in [1.165, 1.54) is 0 Å². The molecule has 0 saturated heterocycles. The molecule has 0 aliphatic rings. The maximum absolute atomic E-state index is 12.3. The van der Waals surface area contributed by atoms with Crippen LogP contribution < -0.4 is 10.3 Å². The summed E-state index contributed by atoms with van der Waals surface area (Å²) in [4.78, 5) is 31.0. The standard InChI is InChI=1S/C22H21N5O4/c1-4-31-16-11-13(12-6-5-7-14(10-12)22(2,3)21(29)30)8-9-15(16)18-23-19-17(20(28)24-18)25-27-26-19/h5-11H,4H2,1-3H3,(H,29,30)(H2,23,24,25,26,27,28). The Morgan fingerprint density at radius 2 is 1.94 bits per heavy atom. The minimum atomic E-state index is -1.02. The van der Waals surface area contributed by atoms with E-state index in [0.29, 0.717) is 29.3 Å². The summed E-state index contributed by atoms with van der Waals surface area (Å²) in [5.74, 6) is -0.0223. The van der Waals surface area contributed by atoms with Gasteiger partial charge in [-0.05, 0) is 49.6 Å². The summed E-state index contributed by atoms with van der Waals surface area (Å²) >= 11 is 0. The van der Waals surface area contributed by atoms with Crippen molar-refractivity contribution in [3.8, 4) is 28.3 Å². The third-order valence-corrected chi connectivity index (χ3v) is 5.19. The van der Waals surface area contributed by atoms with Crippen LogP contribution in [0.4, 0.5) is 0 Å². The summed E-state index contributed by atoms with van der Waals surface area (Å²) in [6.45, 7) is 5.63. The van der Waals surface area contributed by atoms with Crippen LogP contribution >= 0.6 is 0 Å². The Labute approximate surface area is 177 Å². The van der Waals surface area contributed by atoms with Crippen LogP contribution in [-0.2, 0) is 10.2 Å². The molecule has 4 rings (SSSR count). The SMILES string of the molecule is CCOc1cc(-c2cccc(C(C)(C)C(=O)O)c2)ccc1-c1nc2[nH]nnc2c(=O)[nH]1. The second-order valence-corrected chi connectivity index (χ2v) is 7.58. The summed E-state index contributed by atoms with van der Waals surface area (Å²) < 4.78 is 5.83. The molecule has 2 heterocycles. The molecule has 2 aromatic carbocycles. The molecule has 9 nitrogen and oxygen atoms in total. The van der Waals surface area contributed by atoms with Crippen LogP contribution in [0.2, 0.25) is 0 Å². The Morgan fingerprint density at radius 3 is 2.68 bits per heavy atom. The van der Waals surface area contributed by atoms with Crippen molar-refractivity contribution in [2.24, 2.45) is 0 Å². The molecule has 0 fully saturated rings. The highest BCUT2D eigenvalue weighted by Gasteiger charge is 2.29. The molecule has 0 aliphatic heterocycles. The molecule has 0 radical (unpaired) electrons. The van der Waals surface area contributed by atoms with E-state index in [0.717, 1.165) is 11.1 Å². The molecule has 9 heteroatoms. The zero-order valence-corrected chi connectivity index (χ0v) is 17.3. The van der Waals surface area contributed by atoms with Crippen molar-refractivity contribution in [2.45, 2.75) is 26.2 Å². The second kappa shape index (κ2) is 7.67. The molecular formula is C22H21N5O4. The van der Waals surface area contributed by atoms with Gasteiger partial charge in [-0.25, -0.2) is 10.1 Å². The number of carbonyl (C=O) groups is 1. The van der Waals surface area contributed by atoms with E-state index in [1.807, 2.05) is 43.3 Å². The zero-order chi connectivity index (χ0) is 22.2. The number of ether oxygens (including phenoxy) is 1. The van der Waals surface area contributed by atoms with Crippen LogP contribution in [0.15, 0.2) is 47.3 Å². The largest absolute Gasteiger partial charge is 0.493 e. The first-order valence-electron chi connectivity index (χ1n) is 9.74. The summed E-state index contributed by atoms with van der Waals surface area (Å²) in [5.41, 5.74) is 2.02. The van der Waals surface area contributed by atoms with Crippen molar-refractivity contribution in [3.63, 3.8) is 0 Å². The molecule has 31 heavy (non-hydrogen) atoms. The van der Waals surface area contributed by atoms with Gasteiger partial charge in [0.15, 0.2) is 11.2 Å². The second-order valence-electron chi connectivity index (χ2n) is 7.58. The molecule has 0 atom stereocenters. The Kier molecular flexibility index (Phi) is 5.02. The number of nitrogens with one attached hydrogen (secondary N) is 2. The van der Waals surface area contributed by atoms with E-state index in [4.69, 9.17) is 4.74 Å². The zero-order valence-electron chi connectivity index (χ0n) is 17.3. The molecule has 158 valence electrons. The van der Waals surface area contributed by atoms with Crippen LogP contribution in [-0.4, -0.2) is 43.1 Å². The predicted molar refractivity (Wildman–Crippen MR) is 115 cm³/mol. The van der Waals surface area contributed by atoms with Crippen LogP contribution in [0, 0.1) is 0 Å². The van der Waals surface area contributed by atoms with Crippen molar-refractivity contribution in [3.05, 3.63) is 58.4 Å². The lowest BCUT2D eigenvalue weighted by Gasteiger charge is -2.20. The van der Waals surface area contributed by atoms with Gasteiger partial charge in [-0.15, -0.1) is 5.10 Å². The van der Waals surface area contributed by atoms with Crippen LogP contribution in [0.1, 0.15) is 26.3 Å². The smallest absolute Gasteiger partial charge is 0.313 e. The highest BCUT2D eigenvalue weighted by molar-refractivity contribution is 5.82. The summed E-state index contributed by atoms with van der Waals surface area (Å²) in [7, 11) is 0. The Balaban J connectivity index is 1.81. The number of carboxylic acids is 1. The Morgan fingerprint density at radius 1 is 1.16 bits per heavy atom. The maximum atomic E-state index is 12.3. The van der Waals surface area contributed by atoms with Gasteiger partial charge in [0, 0.05) is 0 Å². The number of fused-ring (bicyclic) bond motifs is 1. The van der Waals surface area contributed by atoms with E-state index in [-0.39, 0.29) is 11.2 Å². The monoisotopic (exact) mass is 419 g/mol. The number of aliphatic carboxylic acids is 1. The van der Waals surface area contributed by atoms with E-state index < -0.39 is 16.9 Å². The van der Waals surface area contributed by atoms with Crippen LogP contribution in [0.5, 0.6) is 5.75 Å². The number of nitrogens with zero attached hydrogens (tertiary/aromatic N) is 3.